The average molecular weight is 382 g/mol. The third-order valence-corrected chi connectivity index (χ3v) is 6.55. The molecule has 4 aliphatic rings. The van der Waals surface area contributed by atoms with Crippen LogP contribution in [0.15, 0.2) is 18.2 Å². The highest BCUT2D eigenvalue weighted by atomic mass is 16.2. The van der Waals surface area contributed by atoms with E-state index < -0.39 is 23.8 Å². The van der Waals surface area contributed by atoms with E-state index in [1.54, 1.807) is 12.1 Å². The molecule has 1 aromatic rings. The first-order valence-corrected chi connectivity index (χ1v) is 9.72. The van der Waals surface area contributed by atoms with Crippen LogP contribution in [-0.2, 0) is 16.1 Å². The van der Waals surface area contributed by atoms with Gasteiger partial charge in [-0.05, 0) is 30.9 Å². The fourth-order valence-electron chi connectivity index (χ4n) is 4.57. The quantitative estimate of drug-likeness (QED) is 0.710. The number of amides is 4. The van der Waals surface area contributed by atoms with Gasteiger partial charge < -0.3 is 5.73 Å². The second-order valence-corrected chi connectivity index (χ2v) is 8.41. The van der Waals surface area contributed by atoms with E-state index in [2.05, 4.69) is 10.2 Å². The van der Waals surface area contributed by atoms with Crippen LogP contribution in [0.5, 0.6) is 0 Å². The first-order chi connectivity index (χ1) is 13.4. The third kappa shape index (κ3) is 2.59. The summed E-state index contributed by atoms with van der Waals surface area (Å²) in [5, 5.41) is 2.22. The van der Waals surface area contributed by atoms with Gasteiger partial charge in [-0.2, -0.15) is 0 Å². The van der Waals surface area contributed by atoms with E-state index in [0.717, 1.165) is 36.4 Å². The second-order valence-electron chi connectivity index (χ2n) is 8.41. The first-order valence-electron chi connectivity index (χ1n) is 9.72. The number of imide groups is 2. The van der Waals surface area contributed by atoms with E-state index in [4.69, 9.17) is 5.73 Å². The standard InChI is InChI=1S/C20H22N4O4/c21-20(6-7-20)12-9-23(10-12)8-11-2-1-3-13-16(11)19(28)24(18(13)27)14-4-5-15(25)22-17(14)26/h1-3,12,14H,4-10,21H2,(H,22,25,26). The van der Waals surface area contributed by atoms with Gasteiger partial charge >= 0.3 is 0 Å². The summed E-state index contributed by atoms with van der Waals surface area (Å²) in [6.45, 7) is 2.39. The minimum atomic E-state index is -0.932. The van der Waals surface area contributed by atoms with E-state index in [1.807, 2.05) is 6.07 Å². The first kappa shape index (κ1) is 17.5. The summed E-state index contributed by atoms with van der Waals surface area (Å²) < 4.78 is 0. The Morgan fingerprint density at radius 2 is 1.86 bits per heavy atom. The van der Waals surface area contributed by atoms with Crippen molar-refractivity contribution in [2.45, 2.75) is 43.8 Å². The molecule has 8 heteroatoms. The highest BCUT2D eigenvalue weighted by molar-refractivity contribution is 6.24. The van der Waals surface area contributed by atoms with E-state index in [1.165, 1.54) is 0 Å². The Kier molecular flexibility index (Phi) is 3.73. The van der Waals surface area contributed by atoms with E-state index >= 15 is 0 Å². The number of carbonyl (C=O) groups is 4. The van der Waals surface area contributed by atoms with E-state index in [-0.39, 0.29) is 24.3 Å². The van der Waals surface area contributed by atoms with Crippen molar-refractivity contribution in [1.29, 1.82) is 0 Å². The van der Waals surface area contributed by atoms with Gasteiger partial charge in [0, 0.05) is 37.5 Å². The van der Waals surface area contributed by atoms with E-state index in [0.29, 0.717) is 23.6 Å². The molecule has 1 atom stereocenters. The molecule has 5 rings (SSSR count). The minimum absolute atomic E-state index is 0.00347. The van der Waals surface area contributed by atoms with Crippen molar-refractivity contribution in [2.75, 3.05) is 13.1 Å². The number of hydrogen-bond donors (Lipinski definition) is 2. The number of benzene rings is 1. The zero-order valence-corrected chi connectivity index (χ0v) is 15.4. The van der Waals surface area contributed by atoms with Crippen molar-refractivity contribution in [3.63, 3.8) is 0 Å². The van der Waals surface area contributed by atoms with Crippen molar-refractivity contribution < 1.29 is 19.2 Å². The van der Waals surface area contributed by atoms with Crippen LogP contribution in [0.1, 0.15) is 52.0 Å². The lowest BCUT2D eigenvalue weighted by atomic mass is 9.89. The summed E-state index contributed by atoms with van der Waals surface area (Å²) in [6, 6.07) is 4.33. The van der Waals surface area contributed by atoms with Crippen molar-refractivity contribution in [3.05, 3.63) is 34.9 Å². The molecular weight excluding hydrogens is 360 g/mol. The Labute approximate surface area is 162 Å². The molecule has 0 bridgehead atoms. The molecule has 1 saturated carbocycles. The van der Waals surface area contributed by atoms with Gasteiger partial charge in [-0.25, -0.2) is 0 Å². The molecule has 3 heterocycles. The largest absolute Gasteiger partial charge is 0.325 e. The molecule has 1 unspecified atom stereocenters. The van der Waals surface area contributed by atoms with Gasteiger partial charge in [-0.1, -0.05) is 12.1 Å². The Morgan fingerprint density at radius 3 is 2.54 bits per heavy atom. The maximum atomic E-state index is 13.1. The maximum absolute atomic E-state index is 13.1. The Bertz CT molecular complexity index is 917. The van der Waals surface area contributed by atoms with Gasteiger partial charge in [-0.3, -0.25) is 34.3 Å². The van der Waals surface area contributed by atoms with Crippen LogP contribution in [0, 0.1) is 5.92 Å². The Morgan fingerprint density at radius 1 is 1.11 bits per heavy atom. The monoisotopic (exact) mass is 382 g/mol. The van der Waals surface area contributed by atoms with Crippen molar-refractivity contribution in [2.24, 2.45) is 11.7 Å². The maximum Gasteiger partial charge on any atom is 0.262 e. The topological polar surface area (TPSA) is 113 Å². The van der Waals surface area contributed by atoms with Gasteiger partial charge in [-0.15, -0.1) is 0 Å². The number of fused-ring (bicyclic) bond motifs is 1. The molecule has 1 aromatic carbocycles. The van der Waals surface area contributed by atoms with Gasteiger partial charge in [0.15, 0.2) is 0 Å². The molecule has 0 aromatic heterocycles. The molecule has 3 fully saturated rings. The Balaban J connectivity index is 1.36. The van der Waals surface area contributed by atoms with Crippen molar-refractivity contribution >= 4 is 23.6 Å². The second kappa shape index (κ2) is 5.96. The summed E-state index contributed by atoms with van der Waals surface area (Å²) >= 11 is 0. The molecule has 2 saturated heterocycles. The molecule has 0 radical (unpaired) electrons. The highest BCUT2D eigenvalue weighted by Gasteiger charge is 2.51. The Hall–Kier alpha value is -2.58. The minimum Gasteiger partial charge on any atom is -0.325 e. The van der Waals surface area contributed by atoms with Crippen molar-refractivity contribution in [1.82, 2.24) is 15.1 Å². The molecule has 8 nitrogen and oxygen atoms in total. The highest BCUT2D eigenvalue weighted by Crippen LogP contribution is 2.44. The fraction of sp³-hybridized carbons (Fsp3) is 0.500. The molecule has 146 valence electrons. The number of nitrogens with one attached hydrogen (secondary N) is 1. The van der Waals surface area contributed by atoms with Crippen LogP contribution in [0.2, 0.25) is 0 Å². The zero-order valence-electron chi connectivity index (χ0n) is 15.4. The lowest BCUT2D eigenvalue weighted by Crippen LogP contribution is -2.55. The number of piperidine rings is 1. The summed E-state index contributed by atoms with van der Waals surface area (Å²) in [5.74, 6) is -1.37. The number of likely N-dealkylation sites (tertiary alicyclic amines) is 1. The SMILES string of the molecule is NC1(C2CN(Cc3cccc4c3C(=O)N(C3CCC(=O)NC3=O)C4=O)C2)CC1. The molecule has 28 heavy (non-hydrogen) atoms. The molecular formula is C20H22N4O4. The number of nitrogens with two attached hydrogens (primary N) is 1. The molecule has 0 spiro atoms. The van der Waals surface area contributed by atoms with Crippen LogP contribution >= 0.6 is 0 Å². The lowest BCUT2D eigenvalue weighted by molar-refractivity contribution is -0.136. The van der Waals surface area contributed by atoms with Gasteiger partial charge in [0.25, 0.3) is 11.8 Å². The van der Waals surface area contributed by atoms with Crippen molar-refractivity contribution in [3.8, 4) is 0 Å². The molecule has 1 aliphatic carbocycles. The average Bonchev–Trinajstić information content (AvgIpc) is 3.31. The predicted molar refractivity (Wildman–Crippen MR) is 98.0 cm³/mol. The lowest BCUT2D eigenvalue weighted by Gasteiger charge is -2.43. The number of nitrogens with zero attached hydrogens (tertiary/aromatic N) is 2. The summed E-state index contributed by atoms with van der Waals surface area (Å²) in [6.07, 6.45) is 2.45. The smallest absolute Gasteiger partial charge is 0.262 e. The fourth-order valence-corrected chi connectivity index (χ4v) is 4.57. The summed E-state index contributed by atoms with van der Waals surface area (Å²) in [4.78, 5) is 52.8. The van der Waals surface area contributed by atoms with Gasteiger partial charge in [0.05, 0.1) is 11.1 Å². The van der Waals surface area contributed by atoms with Crippen LogP contribution in [0.3, 0.4) is 0 Å². The normalized spacial score (nSPS) is 26.9. The zero-order chi connectivity index (χ0) is 19.6. The number of carbonyl (C=O) groups excluding carboxylic acids is 4. The summed E-state index contributed by atoms with van der Waals surface area (Å²) in [5.41, 5.74) is 7.79. The molecule has 4 amide bonds. The van der Waals surface area contributed by atoms with Crippen LogP contribution in [0.4, 0.5) is 0 Å². The van der Waals surface area contributed by atoms with Gasteiger partial charge in [0.1, 0.15) is 6.04 Å². The van der Waals surface area contributed by atoms with E-state index in [9.17, 15) is 19.2 Å². The molecule has 3 aliphatic heterocycles. The van der Waals surface area contributed by atoms with Crippen LogP contribution in [0.25, 0.3) is 0 Å². The van der Waals surface area contributed by atoms with Crippen LogP contribution < -0.4 is 11.1 Å². The third-order valence-electron chi connectivity index (χ3n) is 6.55. The number of rotatable bonds is 4. The molecule has 3 N–H and O–H groups in total. The number of hydrogen-bond acceptors (Lipinski definition) is 6. The predicted octanol–water partition coefficient (Wildman–Crippen LogP) is 0.0109. The summed E-state index contributed by atoms with van der Waals surface area (Å²) in [7, 11) is 0. The van der Waals surface area contributed by atoms with Crippen LogP contribution in [-0.4, -0.2) is 58.1 Å². The van der Waals surface area contributed by atoms with Gasteiger partial charge in [0.2, 0.25) is 11.8 Å².